The van der Waals surface area contributed by atoms with Gasteiger partial charge in [-0.15, -0.1) is 0 Å². The molecule has 2 aliphatic heterocycles. The fourth-order valence-electron chi connectivity index (χ4n) is 4.09. The van der Waals surface area contributed by atoms with Crippen LogP contribution in [0.2, 0.25) is 0 Å². The third-order valence-electron chi connectivity index (χ3n) is 5.40. The van der Waals surface area contributed by atoms with E-state index in [9.17, 15) is 29.6 Å². The zero-order valence-electron chi connectivity index (χ0n) is 15.6. The standard InChI is InChI=1S/C20H13N3O6S2/c24-12-7-6-10(23(28)29)8-11(12)13-14-16(30-17-15(13)31-20(27)21-17)19(26)22(18(14)25)9-4-2-1-3-5-9/h1-8,13-14,16,24H,(H,21,27)/t13-,14+,16-/m0/s1. The van der Waals surface area contributed by atoms with Crippen LogP contribution in [-0.4, -0.2) is 32.1 Å². The number of aromatic nitrogens is 1. The number of hydrogen-bond acceptors (Lipinski definition) is 8. The number of carbonyl (C=O) groups excluding carboxylic acids is 2. The van der Waals surface area contributed by atoms with Crippen molar-refractivity contribution in [1.82, 2.24) is 4.98 Å². The third-order valence-corrected chi connectivity index (χ3v) is 7.80. The van der Waals surface area contributed by atoms with E-state index in [1.54, 1.807) is 30.3 Å². The number of rotatable bonds is 3. The third kappa shape index (κ3) is 2.96. The molecule has 0 spiro atoms. The van der Waals surface area contributed by atoms with Gasteiger partial charge in [0.25, 0.3) is 5.69 Å². The Balaban J connectivity index is 1.70. The van der Waals surface area contributed by atoms with Crippen molar-refractivity contribution in [3.05, 3.63) is 78.8 Å². The van der Waals surface area contributed by atoms with E-state index in [0.29, 0.717) is 15.6 Å². The summed E-state index contributed by atoms with van der Waals surface area (Å²) in [6, 6.07) is 12.0. The molecule has 3 atom stereocenters. The van der Waals surface area contributed by atoms with Gasteiger partial charge in [0.2, 0.25) is 11.8 Å². The van der Waals surface area contributed by atoms with Crippen LogP contribution >= 0.6 is 23.1 Å². The summed E-state index contributed by atoms with van der Waals surface area (Å²) < 4.78 is 0. The zero-order chi connectivity index (χ0) is 21.9. The number of nitro benzene ring substituents is 1. The van der Waals surface area contributed by atoms with Gasteiger partial charge in [0.05, 0.1) is 21.6 Å². The van der Waals surface area contributed by atoms with Crippen molar-refractivity contribution in [1.29, 1.82) is 0 Å². The summed E-state index contributed by atoms with van der Waals surface area (Å²) in [5.41, 5.74) is 0.298. The molecule has 2 N–H and O–H groups in total. The number of thiazole rings is 1. The molecule has 0 saturated carbocycles. The highest BCUT2D eigenvalue weighted by molar-refractivity contribution is 8.00. The van der Waals surface area contributed by atoms with E-state index in [1.807, 2.05) is 0 Å². The van der Waals surface area contributed by atoms with E-state index in [2.05, 4.69) is 4.98 Å². The molecule has 0 aliphatic carbocycles. The minimum absolute atomic E-state index is 0.136. The Labute approximate surface area is 182 Å². The number of hydrogen-bond donors (Lipinski definition) is 2. The van der Waals surface area contributed by atoms with Crippen molar-refractivity contribution in [2.45, 2.75) is 16.2 Å². The summed E-state index contributed by atoms with van der Waals surface area (Å²) in [5, 5.41) is 21.4. The zero-order valence-corrected chi connectivity index (χ0v) is 17.2. The molecule has 1 saturated heterocycles. The smallest absolute Gasteiger partial charge is 0.305 e. The van der Waals surface area contributed by atoms with Crippen LogP contribution in [0.1, 0.15) is 16.4 Å². The number of aromatic amines is 1. The number of amides is 2. The number of fused-ring (bicyclic) bond motifs is 2. The predicted molar refractivity (Wildman–Crippen MR) is 114 cm³/mol. The predicted octanol–water partition coefficient (Wildman–Crippen LogP) is 2.85. The average molecular weight is 455 g/mol. The number of imide groups is 1. The van der Waals surface area contributed by atoms with Crippen LogP contribution in [0.5, 0.6) is 5.75 Å². The molecule has 1 aromatic heterocycles. The number of aromatic hydroxyl groups is 1. The van der Waals surface area contributed by atoms with Crippen LogP contribution < -0.4 is 9.77 Å². The van der Waals surface area contributed by atoms with Crippen molar-refractivity contribution in [3.8, 4) is 5.75 Å². The molecule has 0 unspecified atom stereocenters. The van der Waals surface area contributed by atoms with Crippen LogP contribution in [0.4, 0.5) is 11.4 Å². The van der Waals surface area contributed by atoms with Crippen LogP contribution in [0.25, 0.3) is 0 Å². The van der Waals surface area contributed by atoms with E-state index in [0.717, 1.165) is 34.1 Å². The molecule has 2 aliphatic rings. The number of phenols is 1. The van der Waals surface area contributed by atoms with E-state index < -0.39 is 33.8 Å². The first-order valence-electron chi connectivity index (χ1n) is 9.16. The van der Waals surface area contributed by atoms with Gasteiger partial charge in [0, 0.05) is 28.5 Å². The maximum atomic E-state index is 13.5. The summed E-state index contributed by atoms with van der Waals surface area (Å²) in [5.74, 6) is -2.96. The van der Waals surface area contributed by atoms with Crippen molar-refractivity contribution in [2.75, 3.05) is 4.90 Å². The fraction of sp³-hybridized carbons (Fsp3) is 0.150. The molecule has 3 aromatic rings. The molecule has 3 heterocycles. The monoisotopic (exact) mass is 455 g/mol. The first-order chi connectivity index (χ1) is 14.9. The normalized spacial score (nSPS) is 22.3. The molecular weight excluding hydrogens is 442 g/mol. The number of nitro groups is 1. The highest BCUT2D eigenvalue weighted by Gasteiger charge is 2.56. The number of carbonyl (C=O) groups is 2. The van der Waals surface area contributed by atoms with Gasteiger partial charge in [-0.05, 0) is 18.2 Å². The maximum Gasteiger partial charge on any atom is 0.305 e. The molecule has 1 fully saturated rings. The second-order valence-corrected chi connectivity index (χ2v) is 9.26. The van der Waals surface area contributed by atoms with E-state index in [-0.39, 0.29) is 21.9 Å². The topological polar surface area (TPSA) is 134 Å². The van der Waals surface area contributed by atoms with Gasteiger partial charge >= 0.3 is 4.87 Å². The Bertz CT molecular complexity index is 1300. The SMILES string of the molecule is O=C1[C@@H]2[C@H](c3cc([N+](=O)[O-])ccc3O)c3sc(=O)[nH]c3S[C@@H]2C(=O)N1c1ccccc1. The second-order valence-electron chi connectivity index (χ2n) is 7.10. The lowest BCUT2D eigenvalue weighted by molar-refractivity contribution is -0.385. The Kier molecular flexibility index (Phi) is 4.45. The number of H-pyrrole nitrogens is 1. The number of anilines is 1. The molecule has 0 bridgehead atoms. The van der Waals surface area contributed by atoms with Gasteiger partial charge < -0.3 is 10.1 Å². The van der Waals surface area contributed by atoms with Crippen LogP contribution in [-0.2, 0) is 9.59 Å². The second kappa shape index (κ2) is 7.06. The lowest BCUT2D eigenvalue weighted by Gasteiger charge is -2.30. The molecule has 2 amide bonds. The Morgan fingerprint density at radius 1 is 1.06 bits per heavy atom. The maximum absolute atomic E-state index is 13.5. The van der Waals surface area contributed by atoms with E-state index in [4.69, 9.17) is 0 Å². The number of nitrogens with one attached hydrogen (secondary N) is 1. The Morgan fingerprint density at radius 2 is 1.81 bits per heavy atom. The average Bonchev–Trinajstić information content (AvgIpc) is 3.24. The molecule has 31 heavy (non-hydrogen) atoms. The molecule has 2 aromatic carbocycles. The van der Waals surface area contributed by atoms with Gasteiger partial charge in [0.15, 0.2) is 0 Å². The van der Waals surface area contributed by atoms with Crippen LogP contribution in [0.15, 0.2) is 58.4 Å². The Hall–Kier alpha value is -3.44. The first-order valence-corrected chi connectivity index (χ1v) is 10.9. The number of nitrogens with zero attached hydrogens (tertiary/aromatic N) is 2. The molecule has 156 valence electrons. The molecular formula is C20H13N3O6S2. The van der Waals surface area contributed by atoms with Gasteiger partial charge in [-0.2, -0.15) is 0 Å². The fourth-order valence-corrected chi connectivity index (χ4v) is 6.59. The summed E-state index contributed by atoms with van der Waals surface area (Å²) in [7, 11) is 0. The lowest BCUT2D eigenvalue weighted by Crippen LogP contribution is -2.32. The van der Waals surface area contributed by atoms with Crippen molar-refractivity contribution >= 4 is 46.3 Å². The first kappa shape index (κ1) is 19.5. The van der Waals surface area contributed by atoms with Crippen molar-refractivity contribution < 1.29 is 19.6 Å². The largest absolute Gasteiger partial charge is 0.508 e. The molecule has 5 rings (SSSR count). The minimum atomic E-state index is -0.926. The van der Waals surface area contributed by atoms with E-state index in [1.165, 1.54) is 12.1 Å². The molecule has 11 heteroatoms. The van der Waals surface area contributed by atoms with Gasteiger partial charge in [-0.3, -0.25) is 24.5 Å². The molecule has 9 nitrogen and oxygen atoms in total. The van der Waals surface area contributed by atoms with Crippen molar-refractivity contribution in [3.63, 3.8) is 0 Å². The summed E-state index contributed by atoms with van der Waals surface area (Å²) in [6.07, 6.45) is 0. The number of phenolic OH excluding ortho intramolecular Hbond substituents is 1. The summed E-state index contributed by atoms with van der Waals surface area (Å²) in [4.78, 5) is 53.4. The van der Waals surface area contributed by atoms with Gasteiger partial charge in [0.1, 0.15) is 11.0 Å². The van der Waals surface area contributed by atoms with Crippen LogP contribution in [0, 0.1) is 16.0 Å². The summed E-state index contributed by atoms with van der Waals surface area (Å²) >= 11 is 1.97. The number of para-hydroxylation sites is 1. The van der Waals surface area contributed by atoms with Crippen molar-refractivity contribution in [2.24, 2.45) is 5.92 Å². The van der Waals surface area contributed by atoms with Gasteiger partial charge in [-0.1, -0.05) is 41.3 Å². The molecule has 0 radical (unpaired) electrons. The number of thioether (sulfide) groups is 1. The van der Waals surface area contributed by atoms with Gasteiger partial charge in [-0.25, -0.2) is 4.90 Å². The van der Waals surface area contributed by atoms with E-state index >= 15 is 0 Å². The summed E-state index contributed by atoms with van der Waals surface area (Å²) in [6.45, 7) is 0. The van der Waals surface area contributed by atoms with Crippen LogP contribution in [0.3, 0.4) is 0 Å². The number of non-ortho nitro benzene ring substituents is 1. The Morgan fingerprint density at radius 3 is 2.52 bits per heavy atom. The highest BCUT2D eigenvalue weighted by Crippen LogP contribution is 2.54. The lowest BCUT2D eigenvalue weighted by atomic mass is 9.82. The number of benzene rings is 2. The minimum Gasteiger partial charge on any atom is -0.508 e. The highest BCUT2D eigenvalue weighted by atomic mass is 32.2. The quantitative estimate of drug-likeness (QED) is 0.352.